The van der Waals surface area contributed by atoms with Gasteiger partial charge in [0.05, 0.1) is 0 Å². The fourth-order valence-electron chi connectivity index (χ4n) is 1.13. The van der Waals surface area contributed by atoms with Crippen LogP contribution in [0.25, 0.3) is 0 Å². The summed E-state index contributed by atoms with van der Waals surface area (Å²) >= 11 is 0. The Bertz CT molecular complexity index is 292. The standard InChI is InChI=1S/C10H16N2O3/c1-10(2,3)15-9(14)12-7-5-4-6-11-8(7)13/h4,6-7H,5H2,1-3H3,(H,11,13)(H,12,14). The molecule has 0 aromatic carbocycles. The van der Waals surface area contributed by atoms with Crippen LogP contribution in [0.3, 0.4) is 0 Å². The van der Waals surface area contributed by atoms with Crippen LogP contribution < -0.4 is 10.6 Å². The number of carbonyl (C=O) groups excluding carboxylic acids is 2. The van der Waals surface area contributed by atoms with Crippen LogP contribution in [0.15, 0.2) is 12.3 Å². The summed E-state index contributed by atoms with van der Waals surface area (Å²) in [6.07, 6.45) is 3.27. The second kappa shape index (κ2) is 4.33. The van der Waals surface area contributed by atoms with Crippen LogP contribution in [0.1, 0.15) is 27.2 Å². The van der Waals surface area contributed by atoms with E-state index >= 15 is 0 Å². The van der Waals surface area contributed by atoms with Crippen molar-refractivity contribution >= 4 is 12.0 Å². The number of alkyl carbamates (subject to hydrolysis) is 1. The summed E-state index contributed by atoms with van der Waals surface area (Å²) in [6, 6.07) is -0.537. The van der Waals surface area contributed by atoms with E-state index in [1.54, 1.807) is 33.0 Å². The van der Waals surface area contributed by atoms with E-state index in [9.17, 15) is 9.59 Å². The number of hydrogen-bond acceptors (Lipinski definition) is 3. The fraction of sp³-hybridized carbons (Fsp3) is 0.600. The van der Waals surface area contributed by atoms with Crippen LogP contribution in [0.4, 0.5) is 4.79 Å². The third-order valence-electron chi connectivity index (χ3n) is 1.72. The van der Waals surface area contributed by atoms with Gasteiger partial charge in [0.1, 0.15) is 11.6 Å². The number of hydrogen-bond donors (Lipinski definition) is 2. The lowest BCUT2D eigenvalue weighted by Gasteiger charge is -2.23. The molecular formula is C10H16N2O3. The van der Waals surface area contributed by atoms with E-state index in [0.29, 0.717) is 6.42 Å². The van der Waals surface area contributed by atoms with Crippen molar-refractivity contribution in [3.05, 3.63) is 12.3 Å². The number of rotatable bonds is 1. The van der Waals surface area contributed by atoms with Crippen LogP contribution in [-0.2, 0) is 9.53 Å². The molecule has 1 heterocycles. The minimum Gasteiger partial charge on any atom is -0.444 e. The smallest absolute Gasteiger partial charge is 0.408 e. The molecule has 0 saturated carbocycles. The summed E-state index contributed by atoms with van der Waals surface area (Å²) in [5, 5.41) is 5.01. The molecule has 0 aromatic heterocycles. The van der Waals surface area contributed by atoms with Crippen molar-refractivity contribution in [2.75, 3.05) is 0 Å². The summed E-state index contributed by atoms with van der Waals surface area (Å²) in [6.45, 7) is 5.31. The molecule has 0 saturated heterocycles. The van der Waals surface area contributed by atoms with Gasteiger partial charge < -0.3 is 15.4 Å². The first-order chi connectivity index (χ1) is 6.88. The largest absolute Gasteiger partial charge is 0.444 e. The Labute approximate surface area is 88.9 Å². The lowest BCUT2D eigenvalue weighted by molar-refractivity contribution is -0.122. The van der Waals surface area contributed by atoms with Crippen molar-refractivity contribution in [2.24, 2.45) is 0 Å². The Balaban J connectivity index is 2.44. The molecule has 1 unspecified atom stereocenters. The molecule has 0 spiro atoms. The zero-order chi connectivity index (χ0) is 11.5. The summed E-state index contributed by atoms with van der Waals surface area (Å²) < 4.78 is 5.03. The average molecular weight is 212 g/mol. The molecule has 1 aliphatic rings. The lowest BCUT2D eigenvalue weighted by atomic mass is 10.1. The monoisotopic (exact) mass is 212 g/mol. The van der Waals surface area contributed by atoms with Gasteiger partial charge in [0.25, 0.3) is 0 Å². The predicted molar refractivity (Wildman–Crippen MR) is 55.1 cm³/mol. The highest BCUT2D eigenvalue weighted by Crippen LogP contribution is 2.08. The molecule has 15 heavy (non-hydrogen) atoms. The van der Waals surface area contributed by atoms with Gasteiger partial charge >= 0.3 is 6.09 Å². The van der Waals surface area contributed by atoms with Gasteiger partial charge in [0.15, 0.2) is 0 Å². The molecule has 1 atom stereocenters. The van der Waals surface area contributed by atoms with E-state index in [1.807, 2.05) is 0 Å². The Kier molecular flexibility index (Phi) is 3.34. The van der Waals surface area contributed by atoms with E-state index in [0.717, 1.165) is 0 Å². The first kappa shape index (κ1) is 11.6. The van der Waals surface area contributed by atoms with Crippen LogP contribution in [0, 0.1) is 0 Å². The van der Waals surface area contributed by atoms with Gasteiger partial charge in [0.2, 0.25) is 5.91 Å². The highest BCUT2D eigenvalue weighted by atomic mass is 16.6. The van der Waals surface area contributed by atoms with Crippen molar-refractivity contribution in [2.45, 2.75) is 38.8 Å². The Hall–Kier alpha value is -1.52. The second-order valence-corrected chi connectivity index (χ2v) is 4.35. The van der Waals surface area contributed by atoms with Gasteiger partial charge in [-0.05, 0) is 33.4 Å². The first-order valence-corrected chi connectivity index (χ1v) is 4.83. The molecule has 5 heteroatoms. The van der Waals surface area contributed by atoms with Crippen LogP contribution in [0.5, 0.6) is 0 Å². The Morgan fingerprint density at radius 2 is 2.27 bits per heavy atom. The van der Waals surface area contributed by atoms with Crippen molar-refractivity contribution in [3.63, 3.8) is 0 Å². The van der Waals surface area contributed by atoms with Gasteiger partial charge in [-0.1, -0.05) is 6.08 Å². The summed E-state index contributed by atoms with van der Waals surface area (Å²) in [7, 11) is 0. The lowest BCUT2D eigenvalue weighted by Crippen LogP contribution is -2.48. The minimum atomic E-state index is -0.571. The molecule has 0 bridgehead atoms. The molecule has 0 aromatic rings. The number of amides is 2. The topological polar surface area (TPSA) is 67.4 Å². The third-order valence-corrected chi connectivity index (χ3v) is 1.72. The van der Waals surface area contributed by atoms with E-state index in [1.165, 1.54) is 0 Å². The molecule has 1 aliphatic heterocycles. The first-order valence-electron chi connectivity index (χ1n) is 4.83. The van der Waals surface area contributed by atoms with Crippen LogP contribution >= 0.6 is 0 Å². The van der Waals surface area contributed by atoms with Gasteiger partial charge in [-0.2, -0.15) is 0 Å². The van der Waals surface area contributed by atoms with Gasteiger partial charge in [0, 0.05) is 0 Å². The van der Waals surface area contributed by atoms with Crippen LogP contribution in [0.2, 0.25) is 0 Å². The fourth-order valence-corrected chi connectivity index (χ4v) is 1.13. The van der Waals surface area contributed by atoms with Gasteiger partial charge in [-0.15, -0.1) is 0 Å². The maximum absolute atomic E-state index is 11.3. The maximum atomic E-state index is 11.3. The zero-order valence-corrected chi connectivity index (χ0v) is 9.16. The van der Waals surface area contributed by atoms with Crippen LogP contribution in [-0.4, -0.2) is 23.6 Å². The molecule has 0 fully saturated rings. The summed E-state index contributed by atoms with van der Waals surface area (Å²) in [5.74, 6) is -0.219. The minimum absolute atomic E-state index is 0.219. The highest BCUT2D eigenvalue weighted by Gasteiger charge is 2.24. The quantitative estimate of drug-likeness (QED) is 0.679. The third kappa shape index (κ3) is 4.01. The van der Waals surface area contributed by atoms with E-state index in [2.05, 4.69) is 10.6 Å². The molecule has 0 aliphatic carbocycles. The Morgan fingerprint density at radius 3 is 2.80 bits per heavy atom. The number of carbonyl (C=O) groups is 2. The summed E-state index contributed by atoms with van der Waals surface area (Å²) in [5.41, 5.74) is -0.551. The molecule has 5 nitrogen and oxygen atoms in total. The van der Waals surface area contributed by atoms with Gasteiger partial charge in [-0.25, -0.2) is 4.79 Å². The van der Waals surface area contributed by atoms with Crippen molar-refractivity contribution in [3.8, 4) is 0 Å². The normalized spacial score (nSPS) is 20.7. The Morgan fingerprint density at radius 1 is 1.60 bits per heavy atom. The molecule has 0 radical (unpaired) electrons. The molecular weight excluding hydrogens is 196 g/mol. The van der Waals surface area contributed by atoms with Gasteiger partial charge in [-0.3, -0.25) is 4.79 Å². The number of nitrogens with one attached hydrogen (secondary N) is 2. The van der Waals surface area contributed by atoms with E-state index in [-0.39, 0.29) is 5.91 Å². The van der Waals surface area contributed by atoms with Crippen molar-refractivity contribution < 1.29 is 14.3 Å². The number of ether oxygens (including phenoxy) is 1. The van der Waals surface area contributed by atoms with E-state index in [4.69, 9.17) is 4.74 Å². The molecule has 84 valence electrons. The van der Waals surface area contributed by atoms with Crippen molar-refractivity contribution in [1.29, 1.82) is 0 Å². The van der Waals surface area contributed by atoms with E-state index < -0.39 is 17.7 Å². The SMILES string of the molecule is CC(C)(C)OC(=O)NC1CC=CNC1=O. The molecule has 2 amide bonds. The van der Waals surface area contributed by atoms with Crippen molar-refractivity contribution in [1.82, 2.24) is 10.6 Å². The zero-order valence-electron chi connectivity index (χ0n) is 9.16. The second-order valence-electron chi connectivity index (χ2n) is 4.35. The summed E-state index contributed by atoms with van der Waals surface area (Å²) in [4.78, 5) is 22.6. The highest BCUT2D eigenvalue weighted by molar-refractivity contribution is 5.87. The average Bonchev–Trinajstić information content (AvgIpc) is 2.05. The molecule has 2 N–H and O–H groups in total. The predicted octanol–water partition coefficient (Wildman–Crippen LogP) is 0.913. The molecule has 1 rings (SSSR count). The maximum Gasteiger partial charge on any atom is 0.408 e.